The second-order valence-electron chi connectivity index (χ2n) is 13.5. The van der Waals surface area contributed by atoms with Gasteiger partial charge in [-0.1, -0.05) is 65.3 Å². The molecule has 0 aromatic heterocycles. The molecule has 0 radical (unpaired) electrons. The first-order valence-electron chi connectivity index (χ1n) is 16.1. The maximum Gasteiger partial charge on any atom is 0.313 e. The Balaban J connectivity index is 1.74. The zero-order valence-corrected chi connectivity index (χ0v) is 29.1. The normalized spacial score (nSPS) is 28.6. The number of amides is 3. The molecule has 2 N–H and O–H groups in total. The van der Waals surface area contributed by atoms with E-state index in [0.29, 0.717) is 24.8 Å². The Morgan fingerprint density at radius 3 is 2.48 bits per heavy atom. The van der Waals surface area contributed by atoms with Crippen LogP contribution < -0.4 is 5.32 Å². The highest BCUT2D eigenvalue weighted by molar-refractivity contribution is 9.09. The van der Waals surface area contributed by atoms with E-state index in [-0.39, 0.29) is 36.2 Å². The van der Waals surface area contributed by atoms with Gasteiger partial charge in [-0.2, -0.15) is 0 Å². The maximum atomic E-state index is 14.6. The van der Waals surface area contributed by atoms with E-state index in [1.807, 2.05) is 58.0 Å². The number of ether oxygens (including phenoxy) is 2. The molecule has 9 atom stereocenters. The van der Waals surface area contributed by atoms with Gasteiger partial charge in [-0.3, -0.25) is 19.2 Å². The Bertz CT molecular complexity index is 1310. The summed E-state index contributed by atoms with van der Waals surface area (Å²) in [6.45, 7) is 16.8. The van der Waals surface area contributed by atoms with Crippen molar-refractivity contribution in [3.05, 3.63) is 61.2 Å². The Kier molecular flexibility index (Phi) is 11.2. The van der Waals surface area contributed by atoms with Gasteiger partial charge in [0.2, 0.25) is 17.7 Å². The maximum absolute atomic E-state index is 14.6. The standard InChI is InChI=1S/C35H48BrN3O7/c1-8-11-17-25(41)37-21(4)28(22-15-13-12-14-16-22)45-33(44)26-27-31(42)39(23(10-3)20-40)30(35(27)19-24(36)29(26)46-35)32(43)38(18-9-2)34(5,6)7/h8-9,12-16,21,23-24,26-30,40H,1-2,10-11,17-20H2,3-7H3,(H,37,41)/t21-,23+,24?,26+,27-,28-,29+,30+,35-/m1/s1. The average Bonchev–Trinajstić information content (AvgIpc) is 3.61. The number of carbonyl (C=O) groups is 4. The van der Waals surface area contributed by atoms with Gasteiger partial charge in [-0.05, 0) is 52.5 Å². The van der Waals surface area contributed by atoms with Crippen LogP contribution >= 0.6 is 15.9 Å². The van der Waals surface area contributed by atoms with Crippen molar-refractivity contribution in [3.63, 3.8) is 0 Å². The van der Waals surface area contributed by atoms with E-state index in [1.54, 1.807) is 24.0 Å². The van der Waals surface area contributed by atoms with Crippen LogP contribution in [-0.4, -0.2) is 91.9 Å². The molecule has 3 aliphatic heterocycles. The summed E-state index contributed by atoms with van der Waals surface area (Å²) in [5, 5.41) is 13.3. The number of nitrogens with zero attached hydrogens (tertiary/aromatic N) is 2. The van der Waals surface area contributed by atoms with Crippen LogP contribution in [0.2, 0.25) is 0 Å². The van der Waals surface area contributed by atoms with E-state index in [0.717, 1.165) is 0 Å². The first kappa shape index (κ1) is 35.8. The number of halogens is 1. The van der Waals surface area contributed by atoms with Crippen molar-refractivity contribution in [2.24, 2.45) is 11.8 Å². The van der Waals surface area contributed by atoms with Gasteiger partial charge in [0.05, 0.1) is 36.6 Å². The fourth-order valence-corrected chi connectivity index (χ4v) is 8.28. The highest BCUT2D eigenvalue weighted by Gasteiger charge is 2.77. The number of likely N-dealkylation sites (tertiary alicyclic amines) is 1. The summed E-state index contributed by atoms with van der Waals surface area (Å²) >= 11 is 3.71. The lowest BCUT2D eigenvalue weighted by atomic mass is 9.70. The van der Waals surface area contributed by atoms with Gasteiger partial charge in [-0.15, -0.1) is 13.2 Å². The smallest absolute Gasteiger partial charge is 0.313 e. The lowest BCUT2D eigenvalue weighted by Gasteiger charge is -2.43. The largest absolute Gasteiger partial charge is 0.455 e. The van der Waals surface area contributed by atoms with E-state index in [1.165, 1.54) is 4.90 Å². The molecule has 1 spiro atoms. The molecular formula is C35H48BrN3O7. The van der Waals surface area contributed by atoms with Crippen molar-refractivity contribution >= 4 is 39.6 Å². The first-order valence-corrected chi connectivity index (χ1v) is 17.0. The zero-order valence-electron chi connectivity index (χ0n) is 27.5. The second-order valence-corrected chi connectivity index (χ2v) is 14.7. The number of hydrogen-bond acceptors (Lipinski definition) is 7. The van der Waals surface area contributed by atoms with Crippen LogP contribution in [0.3, 0.4) is 0 Å². The van der Waals surface area contributed by atoms with Crippen molar-refractivity contribution in [1.29, 1.82) is 0 Å². The summed E-state index contributed by atoms with van der Waals surface area (Å²) in [5.41, 5.74) is -1.23. The average molecular weight is 703 g/mol. The van der Waals surface area contributed by atoms with E-state index < -0.39 is 65.2 Å². The van der Waals surface area contributed by atoms with Gasteiger partial charge in [0.25, 0.3) is 0 Å². The molecule has 3 heterocycles. The minimum atomic E-state index is -1.31. The van der Waals surface area contributed by atoms with Crippen molar-refractivity contribution in [2.45, 2.75) is 107 Å². The number of alkyl halides is 1. The quantitative estimate of drug-likeness (QED) is 0.170. The third-order valence-corrected chi connectivity index (χ3v) is 10.3. The minimum absolute atomic E-state index is 0.201. The molecule has 3 amide bonds. The number of hydrogen-bond donors (Lipinski definition) is 2. The summed E-state index contributed by atoms with van der Waals surface area (Å²) in [6, 6.07) is 6.85. The number of rotatable bonds is 14. The number of aliphatic hydroxyl groups excluding tert-OH is 1. The van der Waals surface area contributed by atoms with Crippen LogP contribution in [0, 0.1) is 11.8 Å². The van der Waals surface area contributed by atoms with E-state index in [2.05, 4.69) is 34.4 Å². The predicted molar refractivity (Wildman–Crippen MR) is 178 cm³/mol. The van der Waals surface area contributed by atoms with Crippen LogP contribution in [0.1, 0.15) is 72.0 Å². The molecule has 3 aliphatic rings. The fraction of sp³-hybridized carbons (Fsp3) is 0.600. The molecule has 252 valence electrons. The minimum Gasteiger partial charge on any atom is -0.455 e. The van der Waals surface area contributed by atoms with Gasteiger partial charge in [0, 0.05) is 23.3 Å². The number of nitrogens with one attached hydrogen (secondary N) is 1. The van der Waals surface area contributed by atoms with Gasteiger partial charge < -0.3 is 29.7 Å². The van der Waals surface area contributed by atoms with Crippen molar-refractivity contribution in [3.8, 4) is 0 Å². The van der Waals surface area contributed by atoms with Crippen LogP contribution in [0.5, 0.6) is 0 Å². The number of aliphatic hydroxyl groups is 1. The number of fused-ring (bicyclic) bond motifs is 1. The van der Waals surface area contributed by atoms with Crippen molar-refractivity contribution < 1.29 is 33.8 Å². The molecule has 0 aliphatic carbocycles. The molecule has 11 heteroatoms. The molecule has 4 rings (SSSR count). The summed E-state index contributed by atoms with van der Waals surface area (Å²) in [4.78, 5) is 58.8. The van der Waals surface area contributed by atoms with Gasteiger partial charge in [0.1, 0.15) is 17.7 Å². The molecule has 1 aromatic rings. The Hall–Kier alpha value is -3.02. The van der Waals surface area contributed by atoms with Gasteiger partial charge in [0.15, 0.2) is 0 Å². The van der Waals surface area contributed by atoms with E-state index in [9.17, 15) is 24.3 Å². The third-order valence-electron chi connectivity index (χ3n) is 9.49. The molecule has 3 saturated heterocycles. The highest BCUT2D eigenvalue weighted by Crippen LogP contribution is 2.61. The monoisotopic (exact) mass is 701 g/mol. The second kappa shape index (κ2) is 14.4. The lowest BCUT2D eigenvalue weighted by molar-refractivity contribution is -0.162. The van der Waals surface area contributed by atoms with Crippen LogP contribution in [0.15, 0.2) is 55.6 Å². The molecule has 2 bridgehead atoms. The molecule has 3 fully saturated rings. The first-order chi connectivity index (χ1) is 21.8. The fourth-order valence-electron chi connectivity index (χ4n) is 7.33. The van der Waals surface area contributed by atoms with E-state index >= 15 is 0 Å². The van der Waals surface area contributed by atoms with Crippen molar-refractivity contribution in [1.82, 2.24) is 15.1 Å². The third kappa shape index (κ3) is 6.55. The molecular weight excluding hydrogens is 654 g/mol. The Morgan fingerprint density at radius 2 is 1.91 bits per heavy atom. The molecule has 0 saturated carbocycles. The predicted octanol–water partition coefficient (Wildman–Crippen LogP) is 4.07. The van der Waals surface area contributed by atoms with Crippen LogP contribution in [0.4, 0.5) is 0 Å². The zero-order chi connectivity index (χ0) is 34.0. The van der Waals surface area contributed by atoms with Gasteiger partial charge >= 0.3 is 5.97 Å². The van der Waals surface area contributed by atoms with E-state index in [4.69, 9.17) is 9.47 Å². The highest BCUT2D eigenvalue weighted by atomic mass is 79.9. The SMILES string of the molecule is C=CCCC(=O)N[C@H](C)[C@@H](OC(=O)[C@@H]1[C@H]2O[C@@]3(CC2Br)[C@H](C(=O)N(CC=C)C(C)(C)C)N([C@@H](CC)CO)C(=O)[C@@H]13)c1ccccc1. The van der Waals surface area contributed by atoms with Gasteiger partial charge in [-0.25, -0.2) is 0 Å². The topological polar surface area (TPSA) is 125 Å². The Labute approximate surface area is 280 Å². The number of carbonyl (C=O) groups excluding carboxylic acids is 4. The Morgan fingerprint density at radius 1 is 1.24 bits per heavy atom. The molecule has 1 unspecified atom stereocenters. The molecule has 10 nitrogen and oxygen atoms in total. The number of allylic oxidation sites excluding steroid dienone is 1. The summed E-state index contributed by atoms with van der Waals surface area (Å²) in [6.07, 6.45) is 3.24. The summed E-state index contributed by atoms with van der Waals surface area (Å²) < 4.78 is 12.9. The van der Waals surface area contributed by atoms with Crippen LogP contribution in [-0.2, 0) is 28.7 Å². The summed E-state index contributed by atoms with van der Waals surface area (Å²) in [5.74, 6) is -3.57. The molecule has 46 heavy (non-hydrogen) atoms. The summed E-state index contributed by atoms with van der Waals surface area (Å²) in [7, 11) is 0. The molecule has 1 aromatic carbocycles. The number of esters is 1. The van der Waals surface area contributed by atoms with Crippen molar-refractivity contribution in [2.75, 3.05) is 13.2 Å². The lowest BCUT2D eigenvalue weighted by Crippen LogP contribution is -2.61. The van der Waals surface area contributed by atoms with Crippen LogP contribution in [0.25, 0.3) is 0 Å². The number of benzene rings is 1.